The molecule has 1 fully saturated rings. The number of rotatable bonds is 3. The topological polar surface area (TPSA) is 55.4 Å². The summed E-state index contributed by atoms with van der Waals surface area (Å²) in [4.78, 5) is 23.8. The Balaban J connectivity index is 2.08. The molecule has 0 saturated carbocycles. The average Bonchev–Trinajstić information content (AvgIpc) is 2.62. The molecule has 1 amide bonds. The van der Waals surface area contributed by atoms with Crippen LogP contribution < -0.4 is 5.32 Å². The predicted octanol–water partition coefficient (Wildman–Crippen LogP) is 1.81. The third-order valence-corrected chi connectivity index (χ3v) is 3.75. The van der Waals surface area contributed by atoms with Crippen molar-refractivity contribution in [3.05, 3.63) is 48.0 Å². The van der Waals surface area contributed by atoms with Gasteiger partial charge in [-0.25, -0.2) is 0 Å². The third kappa shape index (κ3) is 2.26. The van der Waals surface area contributed by atoms with Gasteiger partial charge in [0.1, 0.15) is 12.0 Å². The molecule has 4 heteroatoms. The van der Waals surface area contributed by atoms with E-state index in [1.165, 1.54) is 0 Å². The molecule has 0 aliphatic carbocycles. The predicted molar refractivity (Wildman–Crippen MR) is 71.1 cm³/mol. The largest absolute Gasteiger partial charge is 0.460 e. The number of benzene rings is 1. The van der Waals surface area contributed by atoms with Crippen molar-refractivity contribution in [2.75, 3.05) is 0 Å². The smallest absolute Gasteiger partial charge is 0.318 e. The maximum absolute atomic E-state index is 12.2. The van der Waals surface area contributed by atoms with Crippen LogP contribution in [-0.4, -0.2) is 17.9 Å². The Bertz CT molecular complexity index is 523. The summed E-state index contributed by atoms with van der Waals surface area (Å²) in [5, 5.41) is 2.70. The van der Waals surface area contributed by atoms with Crippen molar-refractivity contribution in [3.63, 3.8) is 0 Å². The molecule has 1 aliphatic heterocycles. The Kier molecular flexibility index (Phi) is 3.42. The molecule has 1 N–H and O–H groups in total. The Hall–Kier alpha value is -2.10. The number of nitrogens with one attached hydrogen (secondary N) is 1. The first-order valence-electron chi connectivity index (χ1n) is 6.17. The fraction of sp³-hybridized carbons (Fsp3) is 0.333. The highest BCUT2D eigenvalue weighted by molar-refractivity contribution is 6.04. The van der Waals surface area contributed by atoms with Crippen molar-refractivity contribution in [1.82, 2.24) is 5.32 Å². The highest BCUT2D eigenvalue weighted by Crippen LogP contribution is 2.36. The summed E-state index contributed by atoms with van der Waals surface area (Å²) in [5.74, 6) is -0.709. The van der Waals surface area contributed by atoms with Gasteiger partial charge in [0.05, 0.1) is 0 Å². The minimum absolute atomic E-state index is 0.198. The molecular weight excluding hydrogens is 242 g/mol. The molecule has 1 aromatic rings. The van der Waals surface area contributed by atoms with Gasteiger partial charge in [-0.2, -0.15) is 0 Å². The van der Waals surface area contributed by atoms with Gasteiger partial charge >= 0.3 is 5.97 Å². The number of hydrogen-bond donors (Lipinski definition) is 1. The van der Waals surface area contributed by atoms with Crippen molar-refractivity contribution in [2.24, 2.45) is 5.41 Å². The van der Waals surface area contributed by atoms with Crippen LogP contribution >= 0.6 is 0 Å². The van der Waals surface area contributed by atoms with Gasteiger partial charge in [0.15, 0.2) is 0 Å². The number of amides is 1. The van der Waals surface area contributed by atoms with Gasteiger partial charge in [-0.3, -0.25) is 9.59 Å². The molecule has 2 atom stereocenters. The maximum Gasteiger partial charge on any atom is 0.318 e. The molecule has 1 saturated heterocycles. The van der Waals surface area contributed by atoms with Crippen molar-refractivity contribution in [3.8, 4) is 0 Å². The minimum atomic E-state index is -0.994. The summed E-state index contributed by atoms with van der Waals surface area (Å²) in [6, 6.07) is 9.12. The SMILES string of the molecule is C=C1C(=O)N[C@@H](C)[C@@]1(C)C(=O)OCc1ccccc1. The molecular formula is C15H17NO3. The van der Waals surface area contributed by atoms with E-state index < -0.39 is 11.4 Å². The Morgan fingerprint density at radius 2 is 2.05 bits per heavy atom. The van der Waals surface area contributed by atoms with E-state index in [4.69, 9.17) is 4.74 Å². The first-order chi connectivity index (χ1) is 8.96. The molecule has 19 heavy (non-hydrogen) atoms. The van der Waals surface area contributed by atoms with Crippen molar-refractivity contribution < 1.29 is 14.3 Å². The third-order valence-electron chi connectivity index (χ3n) is 3.75. The van der Waals surface area contributed by atoms with Crippen LogP contribution in [0.2, 0.25) is 0 Å². The Morgan fingerprint density at radius 1 is 1.42 bits per heavy atom. The summed E-state index contributed by atoms with van der Waals surface area (Å²) >= 11 is 0. The van der Waals surface area contributed by atoms with Gasteiger partial charge in [0.25, 0.3) is 0 Å². The number of hydrogen-bond acceptors (Lipinski definition) is 3. The van der Waals surface area contributed by atoms with Crippen molar-refractivity contribution >= 4 is 11.9 Å². The van der Waals surface area contributed by atoms with E-state index in [-0.39, 0.29) is 24.1 Å². The molecule has 1 heterocycles. The summed E-state index contributed by atoms with van der Waals surface area (Å²) < 4.78 is 5.31. The average molecular weight is 259 g/mol. The van der Waals surface area contributed by atoms with Gasteiger partial charge < -0.3 is 10.1 Å². The van der Waals surface area contributed by atoms with Crippen LogP contribution in [-0.2, 0) is 20.9 Å². The second-order valence-electron chi connectivity index (χ2n) is 4.94. The summed E-state index contributed by atoms with van der Waals surface area (Å²) in [6.45, 7) is 7.36. The van der Waals surface area contributed by atoms with Gasteiger partial charge in [0, 0.05) is 11.6 Å². The normalized spacial score (nSPS) is 26.1. The molecule has 1 aromatic carbocycles. The van der Waals surface area contributed by atoms with Crippen molar-refractivity contribution in [1.29, 1.82) is 0 Å². The number of esters is 1. The van der Waals surface area contributed by atoms with Crippen LogP contribution in [0.3, 0.4) is 0 Å². The van der Waals surface area contributed by atoms with Crippen LogP contribution in [0.4, 0.5) is 0 Å². The number of carbonyl (C=O) groups excluding carboxylic acids is 2. The minimum Gasteiger partial charge on any atom is -0.460 e. The molecule has 0 spiro atoms. The standard InChI is InChI=1S/C15H17NO3/c1-10-13(17)16-11(2)15(10,3)14(18)19-9-12-7-5-4-6-8-12/h4-8,11H,1,9H2,2-3H3,(H,16,17)/t11-,15-/m0/s1. The lowest BCUT2D eigenvalue weighted by Crippen LogP contribution is -2.40. The zero-order valence-electron chi connectivity index (χ0n) is 11.1. The van der Waals surface area contributed by atoms with Gasteiger partial charge in [-0.15, -0.1) is 0 Å². The molecule has 2 rings (SSSR count). The quantitative estimate of drug-likeness (QED) is 0.665. The molecule has 0 unspecified atom stereocenters. The molecule has 1 aliphatic rings. The summed E-state index contributed by atoms with van der Waals surface area (Å²) in [7, 11) is 0. The number of ether oxygens (including phenoxy) is 1. The second-order valence-corrected chi connectivity index (χ2v) is 4.94. The highest BCUT2D eigenvalue weighted by Gasteiger charge is 2.51. The lowest BCUT2D eigenvalue weighted by molar-refractivity contribution is -0.154. The Morgan fingerprint density at radius 3 is 2.58 bits per heavy atom. The van der Waals surface area contributed by atoms with Crippen LogP contribution in [0, 0.1) is 5.41 Å². The first kappa shape index (κ1) is 13.3. The number of carbonyl (C=O) groups is 2. The fourth-order valence-corrected chi connectivity index (χ4v) is 2.10. The zero-order valence-corrected chi connectivity index (χ0v) is 11.1. The van der Waals surface area contributed by atoms with E-state index in [0.29, 0.717) is 0 Å². The van der Waals surface area contributed by atoms with E-state index in [1.807, 2.05) is 30.3 Å². The van der Waals surface area contributed by atoms with Gasteiger partial charge in [-0.1, -0.05) is 36.9 Å². The highest BCUT2D eigenvalue weighted by atomic mass is 16.5. The van der Waals surface area contributed by atoms with E-state index in [0.717, 1.165) is 5.56 Å². The van der Waals surface area contributed by atoms with Gasteiger partial charge in [-0.05, 0) is 19.4 Å². The van der Waals surface area contributed by atoms with Gasteiger partial charge in [0.2, 0.25) is 5.91 Å². The van der Waals surface area contributed by atoms with E-state index in [9.17, 15) is 9.59 Å². The lowest BCUT2D eigenvalue weighted by atomic mass is 9.80. The molecule has 4 nitrogen and oxygen atoms in total. The first-order valence-corrected chi connectivity index (χ1v) is 6.17. The lowest BCUT2D eigenvalue weighted by Gasteiger charge is -2.25. The van der Waals surface area contributed by atoms with Crippen LogP contribution in [0.1, 0.15) is 19.4 Å². The summed E-state index contributed by atoms with van der Waals surface area (Å²) in [5.41, 5.74) is 0.180. The second kappa shape index (κ2) is 4.88. The van der Waals surface area contributed by atoms with Crippen molar-refractivity contribution in [2.45, 2.75) is 26.5 Å². The monoisotopic (exact) mass is 259 g/mol. The molecule has 0 radical (unpaired) electrons. The van der Waals surface area contributed by atoms with Crippen LogP contribution in [0.25, 0.3) is 0 Å². The fourth-order valence-electron chi connectivity index (χ4n) is 2.10. The van der Waals surface area contributed by atoms with E-state index >= 15 is 0 Å². The maximum atomic E-state index is 12.2. The summed E-state index contributed by atoms with van der Waals surface area (Å²) in [6.07, 6.45) is 0. The van der Waals surface area contributed by atoms with E-state index in [1.54, 1.807) is 13.8 Å². The van der Waals surface area contributed by atoms with E-state index in [2.05, 4.69) is 11.9 Å². The van der Waals surface area contributed by atoms with Crippen LogP contribution in [0.15, 0.2) is 42.5 Å². The molecule has 100 valence electrons. The zero-order chi connectivity index (χ0) is 14.0. The van der Waals surface area contributed by atoms with Crippen LogP contribution in [0.5, 0.6) is 0 Å². The Labute approximate surface area is 112 Å². The molecule has 0 aromatic heterocycles. The molecule has 0 bridgehead atoms.